The summed E-state index contributed by atoms with van der Waals surface area (Å²) in [4.78, 5) is 5.01. The molecule has 1 heterocycles. The molecule has 0 spiro atoms. The first-order valence-corrected chi connectivity index (χ1v) is 11.4. The van der Waals surface area contributed by atoms with Gasteiger partial charge in [-0.25, -0.2) is 0 Å². The predicted molar refractivity (Wildman–Crippen MR) is 131 cm³/mol. The van der Waals surface area contributed by atoms with Crippen molar-refractivity contribution in [3.8, 4) is 28.5 Å². The lowest BCUT2D eigenvalue weighted by molar-refractivity contribution is 0.227. The molecule has 0 fully saturated rings. The Morgan fingerprint density at radius 2 is 1.56 bits per heavy atom. The van der Waals surface area contributed by atoms with E-state index in [9.17, 15) is 0 Å². The van der Waals surface area contributed by atoms with Gasteiger partial charge < -0.3 is 14.2 Å². The number of hydrogen-bond acceptors (Lipinski definition) is 4. The lowest BCUT2D eigenvalue weighted by Crippen LogP contribution is -2.12. The molecule has 0 radical (unpaired) electrons. The minimum Gasteiger partial charge on any atom is -0.493 e. The number of rotatable bonds is 9. The van der Waals surface area contributed by atoms with Crippen molar-refractivity contribution in [2.45, 2.75) is 67.1 Å². The van der Waals surface area contributed by atoms with Crippen LogP contribution in [-0.2, 0) is 19.4 Å². The van der Waals surface area contributed by atoms with E-state index in [1.54, 1.807) is 7.11 Å². The van der Waals surface area contributed by atoms with Crippen molar-refractivity contribution in [1.29, 1.82) is 0 Å². The van der Waals surface area contributed by atoms with Crippen molar-refractivity contribution < 1.29 is 14.2 Å². The zero-order valence-corrected chi connectivity index (χ0v) is 20.4. The largest absolute Gasteiger partial charge is 0.493 e. The van der Waals surface area contributed by atoms with Gasteiger partial charge in [-0.15, -0.1) is 0 Å². The van der Waals surface area contributed by atoms with Crippen molar-refractivity contribution in [3.05, 3.63) is 70.4 Å². The summed E-state index contributed by atoms with van der Waals surface area (Å²) in [7, 11) is 1.66. The number of benzene rings is 2. The fourth-order valence-electron chi connectivity index (χ4n) is 3.95. The number of aromatic nitrogens is 1. The van der Waals surface area contributed by atoms with E-state index in [-0.39, 0.29) is 6.10 Å². The molecule has 3 aromatic rings. The van der Waals surface area contributed by atoms with Gasteiger partial charge in [0.05, 0.1) is 24.5 Å². The molecule has 0 bridgehead atoms. The van der Waals surface area contributed by atoms with Crippen LogP contribution in [0.4, 0.5) is 0 Å². The van der Waals surface area contributed by atoms with Gasteiger partial charge in [-0.05, 0) is 69.4 Å². The van der Waals surface area contributed by atoms with Gasteiger partial charge in [-0.3, -0.25) is 4.98 Å². The van der Waals surface area contributed by atoms with E-state index in [4.69, 9.17) is 19.2 Å². The highest BCUT2D eigenvalue weighted by Crippen LogP contribution is 2.35. The zero-order chi connectivity index (χ0) is 23.3. The molecular weight excluding hydrogens is 398 g/mol. The van der Waals surface area contributed by atoms with E-state index in [0.29, 0.717) is 12.4 Å². The maximum absolute atomic E-state index is 6.25. The molecule has 0 aliphatic heterocycles. The van der Waals surface area contributed by atoms with Gasteiger partial charge in [-0.2, -0.15) is 0 Å². The van der Waals surface area contributed by atoms with Crippen molar-refractivity contribution in [2.75, 3.05) is 7.11 Å². The molecule has 0 amide bonds. The van der Waals surface area contributed by atoms with E-state index in [1.165, 1.54) is 16.7 Å². The summed E-state index contributed by atoms with van der Waals surface area (Å²) in [6.45, 7) is 12.9. The first kappa shape index (κ1) is 23.6. The van der Waals surface area contributed by atoms with Crippen LogP contribution in [-0.4, -0.2) is 18.2 Å². The number of aryl methyl sites for hydroxylation is 4. The van der Waals surface area contributed by atoms with Gasteiger partial charge >= 0.3 is 0 Å². The van der Waals surface area contributed by atoms with Crippen LogP contribution in [0, 0.1) is 13.8 Å². The van der Waals surface area contributed by atoms with Gasteiger partial charge in [0.15, 0.2) is 11.5 Å². The lowest BCUT2D eigenvalue weighted by atomic mass is 9.94. The smallest absolute Gasteiger partial charge is 0.161 e. The molecule has 0 aliphatic carbocycles. The highest BCUT2D eigenvalue weighted by molar-refractivity contribution is 5.70. The molecule has 0 saturated heterocycles. The Labute approximate surface area is 192 Å². The maximum Gasteiger partial charge on any atom is 0.161 e. The number of ether oxygens (including phenoxy) is 3. The summed E-state index contributed by atoms with van der Waals surface area (Å²) >= 11 is 0. The third-order valence-electron chi connectivity index (χ3n) is 5.60. The van der Waals surface area contributed by atoms with Gasteiger partial charge in [0, 0.05) is 17.3 Å². The summed E-state index contributed by atoms with van der Waals surface area (Å²) in [5.41, 5.74) is 7.79. The Bertz CT molecular complexity index is 1050. The molecule has 32 heavy (non-hydrogen) atoms. The topological polar surface area (TPSA) is 40.6 Å². The average Bonchev–Trinajstić information content (AvgIpc) is 2.77. The average molecular weight is 434 g/mol. The molecule has 1 aromatic heterocycles. The van der Waals surface area contributed by atoms with Crippen LogP contribution >= 0.6 is 0 Å². The molecule has 4 heteroatoms. The molecule has 0 N–H and O–H groups in total. The molecular formula is C28H35NO3. The van der Waals surface area contributed by atoms with Gasteiger partial charge in [0.25, 0.3) is 0 Å². The molecule has 0 unspecified atom stereocenters. The summed E-state index contributed by atoms with van der Waals surface area (Å²) in [5.74, 6) is 2.26. The summed E-state index contributed by atoms with van der Waals surface area (Å²) < 4.78 is 17.9. The third kappa shape index (κ3) is 5.24. The van der Waals surface area contributed by atoms with Crippen LogP contribution < -0.4 is 14.2 Å². The minimum absolute atomic E-state index is 0.0457. The van der Waals surface area contributed by atoms with E-state index < -0.39 is 0 Å². The second-order valence-corrected chi connectivity index (χ2v) is 8.34. The van der Waals surface area contributed by atoms with Crippen molar-refractivity contribution in [3.63, 3.8) is 0 Å². The Morgan fingerprint density at radius 3 is 2.16 bits per heavy atom. The molecule has 4 nitrogen and oxygen atoms in total. The lowest BCUT2D eigenvalue weighted by Gasteiger charge is -2.20. The minimum atomic E-state index is 0.0457. The van der Waals surface area contributed by atoms with Crippen LogP contribution in [0.1, 0.15) is 55.6 Å². The molecule has 2 aromatic carbocycles. The molecule has 170 valence electrons. The van der Waals surface area contributed by atoms with Crippen LogP contribution in [0.15, 0.2) is 42.5 Å². The molecule has 3 rings (SSSR count). The van der Waals surface area contributed by atoms with Gasteiger partial charge in [-0.1, -0.05) is 38.1 Å². The normalized spacial score (nSPS) is 11.0. The number of nitrogens with zero attached hydrogens (tertiary/aromatic N) is 1. The van der Waals surface area contributed by atoms with E-state index in [1.807, 2.05) is 45.9 Å². The predicted octanol–water partition coefficient (Wildman–Crippen LogP) is 6.87. The highest BCUT2D eigenvalue weighted by Gasteiger charge is 2.18. The quantitative estimate of drug-likeness (QED) is 0.369. The number of methoxy groups -OCH3 is 1. The fourth-order valence-corrected chi connectivity index (χ4v) is 3.95. The molecule has 0 atom stereocenters. The molecule has 0 saturated carbocycles. The maximum atomic E-state index is 6.25. The summed E-state index contributed by atoms with van der Waals surface area (Å²) in [6, 6.07) is 14.5. The second kappa shape index (κ2) is 10.5. The Balaban J connectivity index is 2.04. The van der Waals surface area contributed by atoms with Crippen molar-refractivity contribution in [1.82, 2.24) is 4.98 Å². The third-order valence-corrected chi connectivity index (χ3v) is 5.60. The second-order valence-electron chi connectivity index (χ2n) is 8.34. The Morgan fingerprint density at radius 1 is 0.875 bits per heavy atom. The first-order valence-electron chi connectivity index (χ1n) is 11.4. The van der Waals surface area contributed by atoms with E-state index >= 15 is 0 Å². The Hall–Kier alpha value is -3.01. The Kier molecular flexibility index (Phi) is 7.79. The van der Waals surface area contributed by atoms with E-state index in [0.717, 1.165) is 46.9 Å². The zero-order valence-electron chi connectivity index (χ0n) is 20.4. The monoisotopic (exact) mass is 433 g/mol. The van der Waals surface area contributed by atoms with Crippen LogP contribution in [0.3, 0.4) is 0 Å². The molecule has 0 aliphatic rings. The van der Waals surface area contributed by atoms with Gasteiger partial charge in [0.2, 0.25) is 0 Å². The van der Waals surface area contributed by atoms with Crippen molar-refractivity contribution >= 4 is 0 Å². The first-order chi connectivity index (χ1) is 15.4. The number of hydrogen-bond donors (Lipinski definition) is 0. The van der Waals surface area contributed by atoms with Crippen LogP contribution in [0.25, 0.3) is 11.3 Å². The van der Waals surface area contributed by atoms with Crippen LogP contribution in [0.5, 0.6) is 17.2 Å². The SMILES string of the molecule is CCc1cccc(CC)c1-c1cc(OC(C)C)c(COc2ccc(C)cc2OC)c(C)n1. The van der Waals surface area contributed by atoms with Crippen LogP contribution in [0.2, 0.25) is 0 Å². The van der Waals surface area contributed by atoms with E-state index in [2.05, 4.69) is 38.1 Å². The summed E-state index contributed by atoms with van der Waals surface area (Å²) in [5, 5.41) is 0. The summed E-state index contributed by atoms with van der Waals surface area (Å²) in [6.07, 6.45) is 1.97. The highest BCUT2D eigenvalue weighted by atomic mass is 16.5. The van der Waals surface area contributed by atoms with Gasteiger partial charge in [0.1, 0.15) is 12.4 Å². The number of pyridine rings is 1. The fraction of sp³-hybridized carbons (Fsp3) is 0.393. The standard InChI is InChI=1S/C28H35NO3/c1-8-21-11-10-12-22(9-2)28(21)24-16-26(32-18(3)4)23(20(6)29-24)17-31-25-14-13-19(5)15-27(25)30-7/h10-16,18H,8-9,17H2,1-7H3. The van der Waals surface area contributed by atoms with Crippen molar-refractivity contribution in [2.24, 2.45) is 0 Å².